The summed E-state index contributed by atoms with van der Waals surface area (Å²) in [5, 5.41) is 3.25. The molecule has 0 bridgehead atoms. The van der Waals surface area contributed by atoms with Crippen molar-refractivity contribution in [3.63, 3.8) is 0 Å². The molecule has 120 valence electrons. The van der Waals surface area contributed by atoms with Gasteiger partial charge < -0.3 is 15.2 Å². The molecule has 0 amide bonds. The molecule has 2 unspecified atom stereocenters. The van der Waals surface area contributed by atoms with E-state index in [1.165, 1.54) is 0 Å². The molecule has 0 spiro atoms. The maximum Gasteiger partial charge on any atom is 0.220 e. The molecule has 0 fully saturated rings. The Morgan fingerprint density at radius 1 is 1.26 bits per heavy atom. The molecule has 0 saturated carbocycles. The third-order valence-electron chi connectivity index (χ3n) is 4.23. The Bertz CT molecular complexity index is 713. The van der Waals surface area contributed by atoms with Crippen LogP contribution in [0.15, 0.2) is 29.6 Å². The van der Waals surface area contributed by atoms with Crippen LogP contribution in [0.5, 0.6) is 11.5 Å². The molecule has 0 saturated heterocycles. The van der Waals surface area contributed by atoms with Gasteiger partial charge in [-0.25, -0.2) is 9.97 Å². The largest absolute Gasteiger partial charge is 0.496 e. The van der Waals surface area contributed by atoms with Gasteiger partial charge in [-0.3, -0.25) is 0 Å². The minimum atomic E-state index is -0.501. The summed E-state index contributed by atoms with van der Waals surface area (Å²) in [6.07, 6.45) is 2.78. The predicted molar refractivity (Wildman–Crippen MR) is 85.6 cm³/mol. The van der Waals surface area contributed by atoms with E-state index in [-0.39, 0.29) is 11.9 Å². The van der Waals surface area contributed by atoms with Gasteiger partial charge in [0.1, 0.15) is 17.5 Å². The second-order valence-corrected chi connectivity index (χ2v) is 5.46. The van der Waals surface area contributed by atoms with Crippen molar-refractivity contribution in [1.29, 1.82) is 0 Å². The van der Waals surface area contributed by atoms with Crippen LogP contribution in [-0.4, -0.2) is 24.2 Å². The fourth-order valence-electron chi connectivity index (χ4n) is 3.20. The predicted octanol–water partition coefficient (Wildman–Crippen LogP) is 2.61. The van der Waals surface area contributed by atoms with Crippen LogP contribution in [0.4, 0.5) is 5.95 Å². The van der Waals surface area contributed by atoms with Gasteiger partial charge in [0.25, 0.3) is 0 Å². The van der Waals surface area contributed by atoms with E-state index in [0.29, 0.717) is 12.8 Å². The maximum atomic E-state index is 11.3. The van der Waals surface area contributed by atoms with Crippen LogP contribution in [-0.2, 0) is 6.42 Å². The lowest BCUT2D eigenvalue weighted by Gasteiger charge is -2.29. The highest BCUT2D eigenvalue weighted by atomic mass is 16.5. The van der Waals surface area contributed by atoms with Crippen LogP contribution < -0.4 is 15.2 Å². The van der Waals surface area contributed by atoms with Gasteiger partial charge >= 0.3 is 0 Å². The number of hydrogen-bond acceptors (Lipinski definition) is 7. The molecular formula is C16H18N4O3. The van der Waals surface area contributed by atoms with E-state index in [0.717, 1.165) is 28.3 Å². The minimum Gasteiger partial charge on any atom is -0.496 e. The number of ether oxygens (including phenoxy) is 2. The van der Waals surface area contributed by atoms with Gasteiger partial charge in [0, 0.05) is 17.3 Å². The molecule has 2 atom stereocenters. The number of nitrogen functional groups attached to an aromatic ring is 1. The number of benzene rings is 1. The average molecular weight is 314 g/mol. The summed E-state index contributed by atoms with van der Waals surface area (Å²) in [5.74, 6) is 1.65. The number of methoxy groups -OCH3 is 2. The molecule has 3 rings (SSSR count). The second-order valence-electron chi connectivity index (χ2n) is 5.46. The summed E-state index contributed by atoms with van der Waals surface area (Å²) in [6, 6.07) is 5.13. The average Bonchev–Trinajstić information content (AvgIpc) is 2.59. The highest BCUT2D eigenvalue weighted by molar-refractivity contribution is 5.49. The highest BCUT2D eigenvalue weighted by Gasteiger charge is 2.33. The molecule has 1 aromatic heterocycles. The molecule has 1 heterocycles. The molecule has 1 aliphatic carbocycles. The van der Waals surface area contributed by atoms with Crippen molar-refractivity contribution in [2.75, 3.05) is 20.0 Å². The SMILES string of the molecule is COc1cccc(OC)c1C1Cc2nc(N)ncc2C(N=O)C1. The Kier molecular flexibility index (Phi) is 4.10. The Balaban J connectivity index is 2.08. The Morgan fingerprint density at radius 2 is 1.96 bits per heavy atom. The molecule has 1 aromatic carbocycles. The lowest BCUT2D eigenvalue weighted by molar-refractivity contribution is 0.368. The third-order valence-corrected chi connectivity index (χ3v) is 4.23. The Labute approximate surface area is 133 Å². The van der Waals surface area contributed by atoms with Gasteiger partial charge in [0.15, 0.2) is 0 Å². The number of nitrogens with two attached hydrogens (primary N) is 1. The number of nitrogens with zero attached hydrogens (tertiary/aromatic N) is 3. The Morgan fingerprint density at radius 3 is 2.57 bits per heavy atom. The molecule has 7 nitrogen and oxygen atoms in total. The van der Waals surface area contributed by atoms with Gasteiger partial charge in [-0.1, -0.05) is 11.2 Å². The summed E-state index contributed by atoms with van der Waals surface area (Å²) < 4.78 is 11.0. The van der Waals surface area contributed by atoms with Crippen LogP contribution in [0.2, 0.25) is 0 Å². The Hall–Kier alpha value is -2.70. The summed E-state index contributed by atoms with van der Waals surface area (Å²) >= 11 is 0. The standard InChI is InChI=1S/C16H18N4O3/c1-22-13-4-3-5-14(23-2)15(13)9-6-11-10(12(7-9)20-21)8-18-16(17)19-11/h3-5,8-9,12H,6-7H2,1-2H3,(H2,17,18,19). The van der Waals surface area contributed by atoms with Crippen LogP contribution in [0.3, 0.4) is 0 Å². The zero-order chi connectivity index (χ0) is 16.4. The van der Waals surface area contributed by atoms with Crippen molar-refractivity contribution in [1.82, 2.24) is 9.97 Å². The van der Waals surface area contributed by atoms with Crippen LogP contribution >= 0.6 is 0 Å². The molecule has 0 aliphatic heterocycles. The van der Waals surface area contributed by atoms with Crippen molar-refractivity contribution in [2.45, 2.75) is 24.8 Å². The van der Waals surface area contributed by atoms with Crippen molar-refractivity contribution in [3.05, 3.63) is 46.1 Å². The molecule has 2 N–H and O–H groups in total. The van der Waals surface area contributed by atoms with E-state index >= 15 is 0 Å². The number of hydrogen-bond donors (Lipinski definition) is 1. The van der Waals surface area contributed by atoms with E-state index in [4.69, 9.17) is 15.2 Å². The van der Waals surface area contributed by atoms with Gasteiger partial charge in [0.05, 0.1) is 19.9 Å². The summed E-state index contributed by atoms with van der Waals surface area (Å²) in [4.78, 5) is 19.6. The molecule has 0 radical (unpaired) electrons. The van der Waals surface area contributed by atoms with E-state index in [1.54, 1.807) is 20.4 Å². The first-order valence-corrected chi connectivity index (χ1v) is 7.32. The zero-order valence-corrected chi connectivity index (χ0v) is 13.0. The van der Waals surface area contributed by atoms with Crippen molar-refractivity contribution in [2.24, 2.45) is 5.18 Å². The van der Waals surface area contributed by atoms with Gasteiger partial charge in [0.2, 0.25) is 5.95 Å². The molecular weight excluding hydrogens is 296 g/mol. The van der Waals surface area contributed by atoms with Gasteiger partial charge in [-0.05, 0) is 30.9 Å². The van der Waals surface area contributed by atoms with Crippen molar-refractivity contribution in [3.8, 4) is 11.5 Å². The number of nitroso groups, excluding NO2 is 1. The fraction of sp³-hybridized carbons (Fsp3) is 0.375. The number of anilines is 1. The van der Waals surface area contributed by atoms with E-state index in [2.05, 4.69) is 15.1 Å². The number of fused-ring (bicyclic) bond motifs is 1. The third kappa shape index (κ3) is 2.69. The number of rotatable bonds is 4. The van der Waals surface area contributed by atoms with Crippen LogP contribution in [0.25, 0.3) is 0 Å². The highest BCUT2D eigenvalue weighted by Crippen LogP contribution is 2.45. The second kappa shape index (κ2) is 6.20. The smallest absolute Gasteiger partial charge is 0.220 e. The fourth-order valence-corrected chi connectivity index (χ4v) is 3.20. The summed E-state index contributed by atoms with van der Waals surface area (Å²) in [7, 11) is 3.23. The lowest BCUT2D eigenvalue weighted by atomic mass is 9.79. The van der Waals surface area contributed by atoms with E-state index < -0.39 is 6.04 Å². The van der Waals surface area contributed by atoms with Gasteiger partial charge in [-0.2, -0.15) is 4.91 Å². The van der Waals surface area contributed by atoms with Crippen molar-refractivity contribution >= 4 is 5.95 Å². The first-order chi connectivity index (χ1) is 11.2. The minimum absolute atomic E-state index is 0.00519. The molecule has 23 heavy (non-hydrogen) atoms. The first-order valence-electron chi connectivity index (χ1n) is 7.32. The van der Waals surface area contributed by atoms with Crippen LogP contribution in [0.1, 0.15) is 35.2 Å². The van der Waals surface area contributed by atoms with E-state index in [1.807, 2.05) is 18.2 Å². The number of aromatic nitrogens is 2. The van der Waals surface area contributed by atoms with Crippen LogP contribution in [0, 0.1) is 4.91 Å². The van der Waals surface area contributed by atoms with Gasteiger partial charge in [-0.15, -0.1) is 0 Å². The zero-order valence-electron chi connectivity index (χ0n) is 13.0. The lowest BCUT2D eigenvalue weighted by Crippen LogP contribution is -2.20. The van der Waals surface area contributed by atoms with Crippen molar-refractivity contribution < 1.29 is 9.47 Å². The first kappa shape index (κ1) is 15.2. The molecule has 1 aliphatic rings. The molecule has 7 heteroatoms. The molecule has 2 aromatic rings. The quantitative estimate of drug-likeness (QED) is 0.871. The monoisotopic (exact) mass is 314 g/mol. The topological polar surface area (TPSA) is 99.7 Å². The van der Waals surface area contributed by atoms with E-state index in [9.17, 15) is 4.91 Å². The summed E-state index contributed by atoms with van der Waals surface area (Å²) in [6.45, 7) is 0. The normalized spacial score (nSPS) is 19.7. The maximum absolute atomic E-state index is 11.3. The summed E-state index contributed by atoms with van der Waals surface area (Å²) in [5.41, 5.74) is 8.11.